The van der Waals surface area contributed by atoms with Crippen molar-refractivity contribution in [3.63, 3.8) is 0 Å². The first kappa shape index (κ1) is 20.7. The van der Waals surface area contributed by atoms with Gasteiger partial charge in [-0.2, -0.15) is 9.57 Å². The van der Waals surface area contributed by atoms with E-state index in [1.807, 2.05) is 0 Å². The number of piperazine rings is 1. The molecule has 160 valence electrons. The molecule has 0 unspecified atom stereocenters. The largest absolute Gasteiger partial charge is 0.335 e. The van der Waals surface area contributed by atoms with E-state index in [4.69, 9.17) is 11.0 Å². The number of sulfonamides is 1. The second kappa shape index (κ2) is 7.61. The third-order valence-electron chi connectivity index (χ3n) is 6.04. The molecule has 3 saturated heterocycles. The summed E-state index contributed by atoms with van der Waals surface area (Å²) in [5.41, 5.74) is 6.05. The lowest BCUT2D eigenvalue weighted by molar-refractivity contribution is -0.137. The van der Waals surface area contributed by atoms with Crippen molar-refractivity contribution in [1.82, 2.24) is 14.1 Å². The van der Waals surface area contributed by atoms with Crippen LogP contribution in [0.1, 0.15) is 19.3 Å². The molecule has 3 heterocycles. The number of benzene rings is 1. The first-order valence-corrected chi connectivity index (χ1v) is 11.2. The Labute approximate surface area is 173 Å². The van der Waals surface area contributed by atoms with Gasteiger partial charge in [-0.25, -0.2) is 12.8 Å². The molecule has 3 fully saturated rings. The number of nitriles is 1. The molecule has 2 amide bonds. The summed E-state index contributed by atoms with van der Waals surface area (Å²) in [5.74, 6) is -1.46. The minimum Gasteiger partial charge on any atom is -0.335 e. The fourth-order valence-corrected chi connectivity index (χ4v) is 6.20. The summed E-state index contributed by atoms with van der Waals surface area (Å²) in [5, 5.41) is 9.16. The number of nitrogens with zero attached hydrogens (tertiary/aromatic N) is 4. The van der Waals surface area contributed by atoms with Gasteiger partial charge in [0.25, 0.3) is 0 Å². The van der Waals surface area contributed by atoms with Gasteiger partial charge >= 0.3 is 0 Å². The van der Waals surface area contributed by atoms with Crippen molar-refractivity contribution in [2.45, 2.75) is 48.3 Å². The van der Waals surface area contributed by atoms with Crippen molar-refractivity contribution < 1.29 is 22.4 Å². The normalized spacial score (nSPS) is 27.5. The Kier molecular flexibility index (Phi) is 5.25. The molecule has 1 aromatic carbocycles. The molecule has 2 bridgehead atoms. The number of halogens is 1. The van der Waals surface area contributed by atoms with E-state index in [2.05, 4.69) is 6.07 Å². The van der Waals surface area contributed by atoms with Crippen LogP contribution in [0.5, 0.6) is 0 Å². The zero-order chi connectivity index (χ0) is 21.6. The molecule has 0 radical (unpaired) electrons. The summed E-state index contributed by atoms with van der Waals surface area (Å²) >= 11 is 0. The third-order valence-corrected chi connectivity index (χ3v) is 7.91. The Bertz CT molecular complexity index is 1030. The van der Waals surface area contributed by atoms with Crippen molar-refractivity contribution in [3.05, 3.63) is 30.1 Å². The molecule has 2 N–H and O–H groups in total. The Hall–Kier alpha value is -2.55. The molecular weight excluding hydrogens is 413 g/mol. The van der Waals surface area contributed by atoms with E-state index in [0.29, 0.717) is 19.4 Å². The molecule has 0 saturated carbocycles. The highest BCUT2D eigenvalue weighted by Gasteiger charge is 2.54. The van der Waals surface area contributed by atoms with E-state index < -0.39 is 45.9 Å². The van der Waals surface area contributed by atoms with E-state index in [0.717, 1.165) is 22.9 Å². The lowest BCUT2D eigenvalue weighted by atomic mass is 10.2. The second-order valence-electron chi connectivity index (χ2n) is 7.85. The standard InChI is InChI=1S/C19H22FN5O4S/c20-12-3-1-5-15(7-12)30(28,29)25-10-14-8-17(25)19(27)24(14)11-16(22)18(26)23-6-2-4-13(23)9-21/h1,3,5,7,13-14,16-17H,2,4,6,8,10-11,22H2/t13-,14-,16-,17-/m0/s1. The summed E-state index contributed by atoms with van der Waals surface area (Å²) in [6, 6.07) is 4.02. The van der Waals surface area contributed by atoms with Crippen molar-refractivity contribution in [2.24, 2.45) is 5.73 Å². The number of carbonyl (C=O) groups excluding carboxylic acids is 2. The number of hydrogen-bond donors (Lipinski definition) is 1. The van der Waals surface area contributed by atoms with Crippen LogP contribution in [0.4, 0.5) is 4.39 Å². The molecular formula is C19H22FN5O4S. The molecule has 3 aliphatic rings. The quantitative estimate of drug-likeness (QED) is 0.673. The van der Waals surface area contributed by atoms with Gasteiger partial charge in [0, 0.05) is 25.7 Å². The van der Waals surface area contributed by atoms with Crippen LogP contribution >= 0.6 is 0 Å². The lowest BCUT2D eigenvalue weighted by Crippen LogP contribution is -2.57. The van der Waals surface area contributed by atoms with Crippen LogP contribution in [0.3, 0.4) is 0 Å². The fourth-order valence-electron chi connectivity index (χ4n) is 4.54. The van der Waals surface area contributed by atoms with Gasteiger partial charge in [0.2, 0.25) is 21.8 Å². The molecule has 1 aromatic rings. The number of likely N-dealkylation sites (tertiary alicyclic amines) is 2. The van der Waals surface area contributed by atoms with Crippen LogP contribution < -0.4 is 5.73 Å². The van der Waals surface area contributed by atoms with E-state index in [1.165, 1.54) is 21.9 Å². The fraction of sp³-hybridized carbons (Fsp3) is 0.526. The van der Waals surface area contributed by atoms with Gasteiger partial charge in [0.1, 0.15) is 23.9 Å². The second-order valence-corrected chi connectivity index (χ2v) is 9.74. The van der Waals surface area contributed by atoms with E-state index in [9.17, 15) is 22.4 Å². The zero-order valence-electron chi connectivity index (χ0n) is 16.1. The number of hydrogen-bond acceptors (Lipinski definition) is 6. The van der Waals surface area contributed by atoms with Crippen molar-refractivity contribution in [2.75, 3.05) is 19.6 Å². The highest BCUT2D eigenvalue weighted by atomic mass is 32.2. The predicted molar refractivity (Wildman–Crippen MR) is 103 cm³/mol. The number of rotatable bonds is 5. The molecule has 11 heteroatoms. The number of nitrogens with two attached hydrogens (primary N) is 1. The van der Waals surface area contributed by atoms with Gasteiger partial charge in [-0.3, -0.25) is 9.59 Å². The molecule has 0 spiro atoms. The van der Waals surface area contributed by atoms with Gasteiger partial charge < -0.3 is 15.5 Å². The van der Waals surface area contributed by atoms with Crippen LogP contribution in [0.2, 0.25) is 0 Å². The maximum absolute atomic E-state index is 13.5. The summed E-state index contributed by atoms with van der Waals surface area (Å²) in [6.07, 6.45) is 1.64. The lowest BCUT2D eigenvalue weighted by Gasteiger charge is -2.35. The molecule has 4 atom stereocenters. The third kappa shape index (κ3) is 3.34. The Morgan fingerprint density at radius 2 is 2.17 bits per heavy atom. The van der Waals surface area contributed by atoms with Crippen LogP contribution in [-0.2, 0) is 19.6 Å². The molecule has 4 rings (SSSR count). The maximum Gasteiger partial charge on any atom is 0.243 e. The highest BCUT2D eigenvalue weighted by Crippen LogP contribution is 2.36. The first-order chi connectivity index (χ1) is 14.2. The maximum atomic E-state index is 13.5. The summed E-state index contributed by atoms with van der Waals surface area (Å²) in [4.78, 5) is 28.2. The summed E-state index contributed by atoms with van der Waals surface area (Å²) < 4.78 is 40.3. The highest BCUT2D eigenvalue weighted by molar-refractivity contribution is 7.89. The molecule has 30 heavy (non-hydrogen) atoms. The number of amides is 2. The van der Waals surface area contributed by atoms with Crippen molar-refractivity contribution in [1.29, 1.82) is 5.26 Å². The van der Waals surface area contributed by atoms with Crippen molar-refractivity contribution in [3.8, 4) is 6.07 Å². The average molecular weight is 435 g/mol. The molecule has 3 aliphatic heterocycles. The van der Waals surface area contributed by atoms with Crippen LogP contribution in [0.15, 0.2) is 29.2 Å². The van der Waals surface area contributed by atoms with Crippen LogP contribution in [0.25, 0.3) is 0 Å². The Morgan fingerprint density at radius 1 is 1.40 bits per heavy atom. The van der Waals surface area contributed by atoms with Crippen LogP contribution in [0, 0.1) is 17.1 Å². The van der Waals surface area contributed by atoms with Gasteiger partial charge in [-0.1, -0.05) is 6.07 Å². The van der Waals surface area contributed by atoms with Gasteiger partial charge in [-0.15, -0.1) is 0 Å². The minimum atomic E-state index is -4.01. The zero-order valence-corrected chi connectivity index (χ0v) is 17.0. The summed E-state index contributed by atoms with van der Waals surface area (Å²) in [7, 11) is -4.01. The van der Waals surface area contributed by atoms with Crippen LogP contribution in [-0.4, -0.2) is 78.1 Å². The SMILES string of the molecule is N#C[C@@H]1CCCN1C(=O)[C@@H](N)CN1C(=O)[C@@H]2C[C@H]1CN2S(=O)(=O)c1cccc(F)c1. The minimum absolute atomic E-state index is 0.0265. The van der Waals surface area contributed by atoms with Gasteiger partial charge in [0.15, 0.2) is 0 Å². The predicted octanol–water partition coefficient (Wildman–Crippen LogP) is -0.359. The topological polar surface area (TPSA) is 128 Å². The van der Waals surface area contributed by atoms with Crippen molar-refractivity contribution >= 4 is 21.8 Å². The van der Waals surface area contributed by atoms with Gasteiger partial charge in [0.05, 0.1) is 11.0 Å². The smallest absolute Gasteiger partial charge is 0.243 e. The average Bonchev–Trinajstić information content (AvgIpc) is 3.43. The Balaban J connectivity index is 1.45. The monoisotopic (exact) mass is 435 g/mol. The van der Waals surface area contributed by atoms with Gasteiger partial charge in [-0.05, 0) is 37.5 Å². The number of fused-ring (bicyclic) bond motifs is 2. The van der Waals surface area contributed by atoms with E-state index in [1.54, 1.807) is 0 Å². The Morgan fingerprint density at radius 3 is 2.83 bits per heavy atom. The molecule has 0 aliphatic carbocycles. The first-order valence-electron chi connectivity index (χ1n) is 9.77. The van der Waals surface area contributed by atoms with E-state index in [-0.39, 0.29) is 23.9 Å². The molecule has 0 aromatic heterocycles. The van der Waals surface area contributed by atoms with E-state index >= 15 is 0 Å². The summed E-state index contributed by atoms with van der Waals surface area (Å²) in [6.45, 7) is 0.506. The molecule has 9 nitrogen and oxygen atoms in total. The number of carbonyl (C=O) groups is 2.